The fourth-order valence-corrected chi connectivity index (χ4v) is 6.51. The molecule has 1 heterocycles. The van der Waals surface area contributed by atoms with E-state index >= 15 is 0 Å². The molecule has 5 aliphatic rings. The molecule has 2 saturated carbocycles. The minimum Gasteiger partial charge on any atom is -0.292 e. The molecule has 188 valence electrons. The van der Waals surface area contributed by atoms with E-state index in [1.54, 1.807) is 0 Å². The number of carbonyl (C=O) groups is 4. The summed E-state index contributed by atoms with van der Waals surface area (Å²) in [6, 6.07) is 9.16. The first kappa shape index (κ1) is 23.8. The molecule has 37 heavy (non-hydrogen) atoms. The molecule has 2 bridgehead atoms. The highest BCUT2D eigenvalue weighted by molar-refractivity contribution is 6.42. The van der Waals surface area contributed by atoms with Crippen LogP contribution in [-0.2, 0) is 9.59 Å². The number of hydrogen-bond acceptors (Lipinski definition) is 6. The summed E-state index contributed by atoms with van der Waals surface area (Å²) >= 11 is 12.1. The van der Waals surface area contributed by atoms with Gasteiger partial charge in [-0.1, -0.05) is 47.5 Å². The van der Waals surface area contributed by atoms with Crippen LogP contribution in [0.3, 0.4) is 0 Å². The van der Waals surface area contributed by atoms with Crippen molar-refractivity contribution in [2.24, 2.45) is 35.5 Å². The number of allylic oxidation sites excluding steroid dienone is 2. The molecule has 9 nitrogen and oxygen atoms in total. The van der Waals surface area contributed by atoms with Crippen molar-refractivity contribution in [3.63, 3.8) is 0 Å². The molecule has 1 saturated heterocycles. The van der Waals surface area contributed by atoms with Gasteiger partial charge in [0.25, 0.3) is 23.4 Å². The molecule has 0 N–H and O–H groups in total. The predicted molar refractivity (Wildman–Crippen MR) is 131 cm³/mol. The molecule has 3 fully saturated rings. The van der Waals surface area contributed by atoms with Crippen molar-refractivity contribution < 1.29 is 24.1 Å². The lowest BCUT2D eigenvalue weighted by molar-refractivity contribution is -0.384. The zero-order chi connectivity index (χ0) is 26.2. The van der Waals surface area contributed by atoms with Gasteiger partial charge in [-0.05, 0) is 48.3 Å². The number of halogens is 2. The normalized spacial score (nSPS) is 28.6. The van der Waals surface area contributed by atoms with Crippen LogP contribution in [0.25, 0.3) is 0 Å². The van der Waals surface area contributed by atoms with Crippen molar-refractivity contribution in [1.82, 2.24) is 10.0 Å². The first-order chi connectivity index (χ1) is 17.7. The first-order valence-electron chi connectivity index (χ1n) is 11.8. The molecule has 0 aromatic heterocycles. The number of imide groups is 1. The van der Waals surface area contributed by atoms with Crippen LogP contribution in [0.5, 0.6) is 0 Å². The third-order valence-corrected chi connectivity index (χ3v) is 8.69. The van der Waals surface area contributed by atoms with E-state index in [2.05, 4.69) is 0 Å². The summed E-state index contributed by atoms with van der Waals surface area (Å²) in [5, 5.41) is 13.1. The van der Waals surface area contributed by atoms with Crippen LogP contribution in [0.2, 0.25) is 10.0 Å². The Balaban J connectivity index is 1.37. The van der Waals surface area contributed by atoms with Crippen molar-refractivity contribution in [3.05, 3.63) is 85.9 Å². The number of nitrogens with zero attached hydrogens (tertiary/aromatic N) is 3. The number of benzene rings is 2. The Morgan fingerprint density at radius 2 is 1.59 bits per heavy atom. The Bertz CT molecular complexity index is 1410. The highest BCUT2D eigenvalue weighted by atomic mass is 35.5. The lowest BCUT2D eigenvalue weighted by Gasteiger charge is -2.37. The molecule has 1 aliphatic heterocycles. The number of carbonyl (C=O) groups excluding carboxylic acids is 4. The lowest BCUT2D eigenvalue weighted by Crippen LogP contribution is -2.52. The van der Waals surface area contributed by atoms with E-state index in [1.165, 1.54) is 36.4 Å². The van der Waals surface area contributed by atoms with Gasteiger partial charge in [-0.2, -0.15) is 5.01 Å². The number of non-ortho nitro benzene ring substituents is 1. The van der Waals surface area contributed by atoms with Gasteiger partial charge < -0.3 is 0 Å². The van der Waals surface area contributed by atoms with Crippen LogP contribution in [0.4, 0.5) is 5.69 Å². The Hall–Kier alpha value is -3.56. The van der Waals surface area contributed by atoms with Gasteiger partial charge in [0, 0.05) is 23.3 Å². The average molecular weight is 540 g/mol. The number of ketones is 1. The van der Waals surface area contributed by atoms with Crippen molar-refractivity contribution >= 4 is 52.4 Å². The summed E-state index contributed by atoms with van der Waals surface area (Å²) < 4.78 is 0. The first-order valence-corrected chi connectivity index (χ1v) is 12.5. The van der Waals surface area contributed by atoms with E-state index < -0.39 is 46.8 Å². The van der Waals surface area contributed by atoms with Crippen LogP contribution >= 0.6 is 23.2 Å². The maximum atomic E-state index is 13.7. The second-order valence-electron chi connectivity index (χ2n) is 9.87. The minimum absolute atomic E-state index is 0.0272. The minimum atomic E-state index is -0.789. The van der Waals surface area contributed by atoms with E-state index in [4.69, 9.17) is 23.2 Å². The van der Waals surface area contributed by atoms with Gasteiger partial charge >= 0.3 is 0 Å². The molecule has 2 aromatic carbocycles. The summed E-state index contributed by atoms with van der Waals surface area (Å²) in [5.41, 5.74) is -0.296. The third kappa shape index (κ3) is 3.67. The second kappa shape index (κ2) is 8.49. The zero-order valence-corrected chi connectivity index (χ0v) is 20.6. The number of rotatable bonds is 6. The van der Waals surface area contributed by atoms with Crippen molar-refractivity contribution in [2.75, 3.05) is 6.54 Å². The van der Waals surface area contributed by atoms with E-state index in [1.807, 2.05) is 12.2 Å². The molecule has 11 heteroatoms. The Labute approximate surface area is 220 Å². The van der Waals surface area contributed by atoms with Crippen LogP contribution in [0, 0.1) is 45.6 Å². The molecule has 3 amide bonds. The predicted octanol–water partition coefficient (Wildman–Crippen LogP) is 4.19. The fourth-order valence-electron chi connectivity index (χ4n) is 6.21. The number of amides is 3. The van der Waals surface area contributed by atoms with Gasteiger partial charge in [-0.25, -0.2) is 5.01 Å². The van der Waals surface area contributed by atoms with Gasteiger partial charge in [0.05, 0.1) is 26.8 Å². The van der Waals surface area contributed by atoms with E-state index in [9.17, 15) is 29.3 Å². The molecule has 2 aromatic rings. The lowest BCUT2D eigenvalue weighted by atomic mass is 9.63. The molecular weight excluding hydrogens is 521 g/mol. The van der Waals surface area contributed by atoms with Crippen LogP contribution in [0.1, 0.15) is 27.1 Å². The highest BCUT2D eigenvalue weighted by Gasteiger charge is 2.68. The molecular formula is C26H19Cl2N3O6. The summed E-state index contributed by atoms with van der Waals surface area (Å²) in [6.07, 6.45) is 5.00. The van der Waals surface area contributed by atoms with Gasteiger partial charge in [-0.15, -0.1) is 0 Å². The van der Waals surface area contributed by atoms with Gasteiger partial charge in [0.15, 0.2) is 5.78 Å². The van der Waals surface area contributed by atoms with Crippen molar-refractivity contribution in [3.8, 4) is 0 Å². The topological polar surface area (TPSA) is 118 Å². The van der Waals surface area contributed by atoms with Gasteiger partial charge in [0.1, 0.15) is 6.54 Å². The quantitative estimate of drug-likeness (QED) is 0.178. The maximum absolute atomic E-state index is 13.7. The zero-order valence-electron chi connectivity index (χ0n) is 19.1. The van der Waals surface area contributed by atoms with Gasteiger partial charge in [0.2, 0.25) is 0 Å². The average Bonchev–Trinajstić information content (AvgIpc) is 3.67. The van der Waals surface area contributed by atoms with Crippen molar-refractivity contribution in [2.45, 2.75) is 6.42 Å². The largest absolute Gasteiger partial charge is 0.292 e. The Morgan fingerprint density at radius 1 is 0.946 bits per heavy atom. The number of nitro groups is 1. The molecule has 0 radical (unpaired) electrons. The standard InChI is InChI=1S/C26H19Cl2N3O6/c27-19-7-4-13(9-20(19)28)24(33)29(11-21(32)12-2-1-3-14(8-12)31(36)37)30-25(34)22-15-5-6-16(18-10-17(15)18)23(22)26(30)35/h1-9,15-18,22-23H,10-11H2/t15-,16+,17-,18-,22+,23+/m1/s1. The fraction of sp³-hybridized carbons (Fsp3) is 0.308. The highest BCUT2D eigenvalue weighted by Crippen LogP contribution is 2.65. The van der Waals surface area contributed by atoms with E-state index in [-0.39, 0.29) is 38.7 Å². The van der Waals surface area contributed by atoms with Crippen LogP contribution in [-0.4, -0.2) is 45.0 Å². The van der Waals surface area contributed by atoms with Crippen LogP contribution in [0.15, 0.2) is 54.6 Å². The number of hydrazine groups is 1. The Morgan fingerprint density at radius 3 is 2.19 bits per heavy atom. The monoisotopic (exact) mass is 539 g/mol. The molecule has 4 aliphatic carbocycles. The van der Waals surface area contributed by atoms with Crippen molar-refractivity contribution in [1.29, 1.82) is 0 Å². The summed E-state index contributed by atoms with van der Waals surface area (Å²) in [6.45, 7) is -0.674. The smallest absolute Gasteiger partial charge is 0.273 e. The Kier molecular flexibility index (Phi) is 5.47. The van der Waals surface area contributed by atoms with E-state index in [0.717, 1.165) is 22.5 Å². The number of hydrogen-bond donors (Lipinski definition) is 0. The molecule has 0 spiro atoms. The molecule has 7 rings (SSSR count). The number of nitro benzene ring substituents is 1. The molecule has 6 atom stereocenters. The van der Waals surface area contributed by atoms with Gasteiger partial charge in [-0.3, -0.25) is 29.3 Å². The van der Waals surface area contributed by atoms with Crippen LogP contribution < -0.4 is 0 Å². The summed E-state index contributed by atoms with van der Waals surface area (Å²) in [5.74, 6) is -3.07. The second-order valence-corrected chi connectivity index (χ2v) is 10.7. The summed E-state index contributed by atoms with van der Waals surface area (Å²) in [7, 11) is 0. The third-order valence-electron chi connectivity index (χ3n) is 7.95. The molecule has 0 unspecified atom stereocenters. The van der Waals surface area contributed by atoms with E-state index in [0.29, 0.717) is 11.8 Å². The number of Topliss-reactive ketones (excluding diaryl/α,β-unsaturated/α-hetero) is 1. The maximum Gasteiger partial charge on any atom is 0.273 e. The SMILES string of the molecule is O=C(CN(C(=O)c1ccc(Cl)c(Cl)c1)N1C(=O)[C@H]2[C@@H]3C=C[C@@H]([C@H]4C[C@H]34)[C@@H]2C1=O)c1cccc([N+](=O)[O-])c1. The summed E-state index contributed by atoms with van der Waals surface area (Å²) in [4.78, 5) is 64.9.